The fourth-order valence-electron chi connectivity index (χ4n) is 2.08. The number of nitro groups is 1. The van der Waals surface area contributed by atoms with Crippen LogP contribution in [0.15, 0.2) is 18.2 Å². The highest BCUT2D eigenvalue weighted by Gasteiger charge is 2.36. The SMILES string of the molecule is CC(C)(C)OC(=O)N(C(=O)OC(C)(C)C)c1ccc(CCO)cc1[N+](=O)[O-]. The summed E-state index contributed by atoms with van der Waals surface area (Å²) in [6.45, 7) is 9.45. The molecule has 0 radical (unpaired) electrons. The second kappa shape index (κ2) is 8.34. The van der Waals surface area contributed by atoms with Crippen LogP contribution in [0.25, 0.3) is 0 Å². The Kier molecular flexibility index (Phi) is 6.91. The summed E-state index contributed by atoms with van der Waals surface area (Å²) < 4.78 is 10.5. The Labute approximate surface area is 158 Å². The molecule has 0 heterocycles. The van der Waals surface area contributed by atoms with Gasteiger partial charge in [0.15, 0.2) is 0 Å². The number of rotatable bonds is 4. The molecule has 1 aromatic rings. The topological polar surface area (TPSA) is 119 Å². The molecule has 0 aliphatic carbocycles. The number of imide groups is 1. The Morgan fingerprint density at radius 2 is 1.56 bits per heavy atom. The average Bonchev–Trinajstić information content (AvgIpc) is 2.45. The van der Waals surface area contributed by atoms with Crippen molar-refractivity contribution in [3.8, 4) is 0 Å². The molecule has 9 heteroatoms. The molecule has 0 aliphatic heterocycles. The third-order valence-corrected chi connectivity index (χ3v) is 3.03. The molecule has 0 bridgehead atoms. The fourth-order valence-corrected chi connectivity index (χ4v) is 2.08. The highest BCUT2D eigenvalue weighted by Crippen LogP contribution is 2.32. The van der Waals surface area contributed by atoms with Crippen molar-refractivity contribution in [3.63, 3.8) is 0 Å². The van der Waals surface area contributed by atoms with Gasteiger partial charge >= 0.3 is 12.2 Å². The maximum atomic E-state index is 12.6. The summed E-state index contributed by atoms with van der Waals surface area (Å²) in [5, 5.41) is 20.5. The van der Waals surface area contributed by atoms with Crippen LogP contribution in [0.4, 0.5) is 21.0 Å². The van der Waals surface area contributed by atoms with Crippen molar-refractivity contribution in [2.45, 2.75) is 59.2 Å². The van der Waals surface area contributed by atoms with Crippen LogP contribution in [0.1, 0.15) is 47.1 Å². The molecule has 0 unspecified atom stereocenters. The Morgan fingerprint density at radius 1 is 1.07 bits per heavy atom. The number of carbonyl (C=O) groups is 2. The summed E-state index contributed by atoms with van der Waals surface area (Å²) in [6.07, 6.45) is -1.98. The van der Waals surface area contributed by atoms with Gasteiger partial charge in [0.25, 0.3) is 5.69 Å². The zero-order valence-corrected chi connectivity index (χ0v) is 16.4. The van der Waals surface area contributed by atoms with Gasteiger partial charge in [0, 0.05) is 12.7 Å². The van der Waals surface area contributed by atoms with Crippen molar-refractivity contribution >= 4 is 23.6 Å². The van der Waals surface area contributed by atoms with E-state index in [1.807, 2.05) is 0 Å². The zero-order chi connectivity index (χ0) is 21.0. The minimum atomic E-state index is -1.09. The van der Waals surface area contributed by atoms with E-state index in [0.29, 0.717) is 10.5 Å². The lowest BCUT2D eigenvalue weighted by Gasteiger charge is -2.28. The van der Waals surface area contributed by atoms with E-state index in [-0.39, 0.29) is 18.7 Å². The maximum Gasteiger partial charge on any atom is 0.424 e. The molecule has 0 saturated carbocycles. The summed E-state index contributed by atoms with van der Waals surface area (Å²) in [7, 11) is 0. The number of amides is 2. The highest BCUT2D eigenvalue weighted by atomic mass is 16.6. The third-order valence-electron chi connectivity index (χ3n) is 3.03. The number of benzene rings is 1. The Morgan fingerprint density at radius 3 is 1.93 bits per heavy atom. The van der Waals surface area contributed by atoms with Gasteiger partial charge in [0.2, 0.25) is 0 Å². The van der Waals surface area contributed by atoms with Crippen LogP contribution in [0.5, 0.6) is 0 Å². The minimum absolute atomic E-state index is 0.194. The molecule has 0 aliphatic rings. The van der Waals surface area contributed by atoms with Gasteiger partial charge < -0.3 is 14.6 Å². The first kappa shape index (κ1) is 22.4. The molecule has 1 rings (SSSR count). The van der Waals surface area contributed by atoms with Gasteiger partial charge in [0.05, 0.1) is 4.92 Å². The standard InChI is InChI=1S/C18H26N2O7/c1-17(2,3)26-15(22)19(16(23)27-18(4,5)6)13-8-7-12(9-10-21)11-14(13)20(24)25/h7-8,11,21H,9-10H2,1-6H3. The molecule has 0 aromatic heterocycles. The Balaban J connectivity index is 3.47. The van der Waals surface area contributed by atoms with E-state index in [2.05, 4.69) is 0 Å². The largest absolute Gasteiger partial charge is 0.443 e. The molecule has 0 spiro atoms. The molecule has 0 atom stereocenters. The molecule has 0 fully saturated rings. The van der Waals surface area contributed by atoms with Crippen LogP contribution in [0.3, 0.4) is 0 Å². The Hall–Kier alpha value is -2.68. The quantitative estimate of drug-likeness (QED) is 0.621. The number of hydrogen-bond donors (Lipinski definition) is 1. The van der Waals surface area contributed by atoms with Gasteiger partial charge in [-0.15, -0.1) is 0 Å². The first-order chi connectivity index (χ1) is 12.2. The number of anilines is 1. The van der Waals surface area contributed by atoms with Crippen LogP contribution < -0.4 is 4.90 Å². The first-order valence-electron chi connectivity index (χ1n) is 8.39. The predicted octanol–water partition coefficient (Wildman–Crippen LogP) is 3.81. The van der Waals surface area contributed by atoms with Crippen molar-refractivity contribution in [3.05, 3.63) is 33.9 Å². The summed E-state index contributed by atoms with van der Waals surface area (Å²) in [6, 6.07) is 3.95. The molecular formula is C18H26N2O7. The summed E-state index contributed by atoms with van der Waals surface area (Å²) in [4.78, 5) is 36.5. The van der Waals surface area contributed by atoms with Crippen LogP contribution in [-0.4, -0.2) is 40.0 Å². The van der Waals surface area contributed by atoms with Crippen molar-refractivity contribution in [2.24, 2.45) is 0 Å². The molecule has 2 amide bonds. The lowest BCUT2D eigenvalue weighted by molar-refractivity contribution is -0.384. The lowest BCUT2D eigenvalue weighted by atomic mass is 10.1. The number of nitro benzene ring substituents is 1. The number of aliphatic hydroxyl groups excluding tert-OH is 1. The monoisotopic (exact) mass is 382 g/mol. The fraction of sp³-hybridized carbons (Fsp3) is 0.556. The van der Waals surface area contributed by atoms with Crippen LogP contribution >= 0.6 is 0 Å². The van der Waals surface area contributed by atoms with E-state index in [1.54, 1.807) is 41.5 Å². The van der Waals surface area contributed by atoms with Crippen molar-refractivity contribution in [2.75, 3.05) is 11.5 Å². The normalized spacial score (nSPS) is 11.7. The van der Waals surface area contributed by atoms with E-state index in [4.69, 9.17) is 14.6 Å². The van der Waals surface area contributed by atoms with Gasteiger partial charge in [-0.25, -0.2) is 9.59 Å². The predicted molar refractivity (Wildman–Crippen MR) is 98.8 cm³/mol. The molecule has 150 valence electrons. The molecular weight excluding hydrogens is 356 g/mol. The van der Waals surface area contributed by atoms with Gasteiger partial charge in [-0.1, -0.05) is 6.07 Å². The Bertz CT molecular complexity index is 689. The highest BCUT2D eigenvalue weighted by molar-refractivity contribution is 6.11. The smallest absolute Gasteiger partial charge is 0.424 e. The van der Waals surface area contributed by atoms with E-state index >= 15 is 0 Å². The van der Waals surface area contributed by atoms with E-state index in [0.717, 1.165) is 0 Å². The van der Waals surface area contributed by atoms with Gasteiger partial charge in [0.1, 0.15) is 16.9 Å². The zero-order valence-electron chi connectivity index (χ0n) is 16.4. The van der Waals surface area contributed by atoms with Crippen LogP contribution in [0.2, 0.25) is 0 Å². The molecule has 27 heavy (non-hydrogen) atoms. The minimum Gasteiger partial charge on any atom is -0.443 e. The second-order valence-electron chi connectivity index (χ2n) is 7.85. The van der Waals surface area contributed by atoms with Crippen molar-refractivity contribution < 1.29 is 29.1 Å². The van der Waals surface area contributed by atoms with E-state index in [9.17, 15) is 19.7 Å². The van der Waals surface area contributed by atoms with Crippen molar-refractivity contribution in [1.29, 1.82) is 0 Å². The summed E-state index contributed by atoms with van der Waals surface area (Å²) >= 11 is 0. The number of nitrogens with zero attached hydrogens (tertiary/aromatic N) is 2. The number of carbonyl (C=O) groups excluding carboxylic acids is 2. The lowest BCUT2D eigenvalue weighted by Crippen LogP contribution is -2.44. The van der Waals surface area contributed by atoms with E-state index < -0.39 is 34.0 Å². The number of aliphatic hydroxyl groups is 1. The average molecular weight is 382 g/mol. The first-order valence-corrected chi connectivity index (χ1v) is 8.39. The number of ether oxygens (including phenoxy) is 2. The molecule has 9 nitrogen and oxygen atoms in total. The third kappa shape index (κ3) is 6.86. The second-order valence-corrected chi connectivity index (χ2v) is 7.85. The summed E-state index contributed by atoms with van der Waals surface area (Å²) in [5.41, 5.74) is -2.12. The number of hydrogen-bond acceptors (Lipinski definition) is 7. The molecule has 0 saturated heterocycles. The molecule has 1 N–H and O–H groups in total. The van der Waals surface area contributed by atoms with Crippen LogP contribution in [-0.2, 0) is 15.9 Å². The molecule has 1 aromatic carbocycles. The van der Waals surface area contributed by atoms with Gasteiger partial charge in [-0.2, -0.15) is 4.90 Å². The van der Waals surface area contributed by atoms with Gasteiger partial charge in [-0.3, -0.25) is 10.1 Å². The van der Waals surface area contributed by atoms with Crippen LogP contribution in [0, 0.1) is 10.1 Å². The van der Waals surface area contributed by atoms with Crippen molar-refractivity contribution in [1.82, 2.24) is 0 Å². The summed E-state index contributed by atoms with van der Waals surface area (Å²) in [5.74, 6) is 0. The van der Waals surface area contributed by atoms with Gasteiger partial charge in [-0.05, 0) is 59.6 Å². The van der Waals surface area contributed by atoms with E-state index in [1.165, 1.54) is 18.2 Å². The maximum absolute atomic E-state index is 12.6.